The summed E-state index contributed by atoms with van der Waals surface area (Å²) in [4.78, 5) is 18.8. The van der Waals surface area contributed by atoms with Crippen molar-refractivity contribution < 1.29 is 9.53 Å². The third-order valence-corrected chi connectivity index (χ3v) is 4.70. The van der Waals surface area contributed by atoms with E-state index in [0.29, 0.717) is 19.7 Å². The van der Waals surface area contributed by atoms with Crippen molar-refractivity contribution in [3.63, 3.8) is 0 Å². The second-order valence-electron chi connectivity index (χ2n) is 6.04. The number of ether oxygens (including phenoxy) is 1. The summed E-state index contributed by atoms with van der Waals surface area (Å²) in [5.74, 6) is 1.05. The number of aryl methyl sites for hydroxylation is 1. The van der Waals surface area contributed by atoms with Crippen molar-refractivity contribution in [3.05, 3.63) is 30.1 Å². The van der Waals surface area contributed by atoms with Crippen LogP contribution in [-0.2, 0) is 29.1 Å². The molecule has 4 rings (SSSR count). The van der Waals surface area contributed by atoms with Crippen molar-refractivity contribution in [2.45, 2.75) is 45.1 Å². The highest BCUT2D eigenvalue weighted by Gasteiger charge is 2.37. The molecule has 1 amide bonds. The molecule has 8 nitrogen and oxygen atoms in total. The van der Waals surface area contributed by atoms with Crippen molar-refractivity contribution in [1.82, 2.24) is 29.4 Å². The van der Waals surface area contributed by atoms with Crippen molar-refractivity contribution in [2.24, 2.45) is 0 Å². The molecule has 2 aromatic rings. The van der Waals surface area contributed by atoms with Gasteiger partial charge in [0.15, 0.2) is 0 Å². The number of aromatic nitrogens is 5. The summed E-state index contributed by atoms with van der Waals surface area (Å²) < 4.78 is 9.73. The van der Waals surface area contributed by atoms with Gasteiger partial charge in [0.2, 0.25) is 5.91 Å². The molecule has 2 aromatic heterocycles. The van der Waals surface area contributed by atoms with E-state index in [2.05, 4.69) is 15.3 Å². The average Bonchev–Trinajstić information content (AvgIpc) is 3.22. The van der Waals surface area contributed by atoms with Crippen LogP contribution in [0.4, 0.5) is 0 Å². The summed E-state index contributed by atoms with van der Waals surface area (Å²) in [7, 11) is 0. The Kier molecular flexibility index (Phi) is 3.60. The van der Waals surface area contributed by atoms with E-state index in [1.54, 1.807) is 12.4 Å². The first kappa shape index (κ1) is 14.4. The van der Waals surface area contributed by atoms with Gasteiger partial charge in [-0.15, -0.1) is 5.10 Å². The molecule has 0 bridgehead atoms. The SMILES string of the molecule is CCc1nccn1CC(=O)N1CC[C@H]2OCc3cnnn3[C@@H]2C1. The van der Waals surface area contributed by atoms with E-state index in [0.717, 1.165) is 30.9 Å². The van der Waals surface area contributed by atoms with Gasteiger partial charge in [-0.25, -0.2) is 9.67 Å². The molecule has 8 heteroatoms. The highest BCUT2D eigenvalue weighted by Crippen LogP contribution is 2.30. The highest BCUT2D eigenvalue weighted by molar-refractivity contribution is 5.76. The lowest BCUT2D eigenvalue weighted by Crippen LogP contribution is -2.50. The minimum Gasteiger partial charge on any atom is -0.370 e. The van der Waals surface area contributed by atoms with E-state index < -0.39 is 0 Å². The number of hydrogen-bond donors (Lipinski definition) is 0. The zero-order valence-electron chi connectivity index (χ0n) is 13.1. The Morgan fingerprint density at radius 2 is 2.39 bits per heavy atom. The summed E-state index contributed by atoms with van der Waals surface area (Å²) in [5.41, 5.74) is 0.975. The Labute approximate surface area is 134 Å². The first-order valence-corrected chi connectivity index (χ1v) is 8.04. The summed E-state index contributed by atoms with van der Waals surface area (Å²) in [6, 6.07) is 0.0624. The minimum absolute atomic E-state index is 0.0624. The van der Waals surface area contributed by atoms with E-state index in [1.807, 2.05) is 27.3 Å². The number of hydrogen-bond acceptors (Lipinski definition) is 5. The molecular formula is C15H20N6O2. The molecule has 1 fully saturated rings. The van der Waals surface area contributed by atoms with Gasteiger partial charge < -0.3 is 14.2 Å². The average molecular weight is 316 g/mol. The van der Waals surface area contributed by atoms with E-state index >= 15 is 0 Å². The summed E-state index contributed by atoms with van der Waals surface area (Å²) in [6.45, 7) is 4.28. The molecule has 2 aliphatic heterocycles. The fourth-order valence-corrected chi connectivity index (χ4v) is 3.45. The molecule has 0 unspecified atom stereocenters. The van der Waals surface area contributed by atoms with Gasteiger partial charge in [-0.05, 0) is 6.42 Å². The number of nitrogens with zero attached hydrogens (tertiary/aromatic N) is 6. The van der Waals surface area contributed by atoms with Crippen LogP contribution in [0, 0.1) is 0 Å². The molecule has 0 saturated carbocycles. The molecule has 4 heterocycles. The molecule has 0 aromatic carbocycles. The molecular weight excluding hydrogens is 296 g/mol. The number of carbonyl (C=O) groups is 1. The van der Waals surface area contributed by atoms with E-state index in [1.165, 1.54) is 0 Å². The van der Waals surface area contributed by atoms with Gasteiger partial charge in [0.1, 0.15) is 12.4 Å². The second kappa shape index (κ2) is 5.77. The fraction of sp³-hybridized carbons (Fsp3) is 0.600. The molecule has 23 heavy (non-hydrogen) atoms. The Morgan fingerprint density at radius 1 is 1.48 bits per heavy atom. The standard InChI is InChI=1S/C15H20N6O2/c1-2-14-16-4-6-19(14)9-15(22)20-5-3-13-12(8-20)21-11(10-23-13)7-17-18-21/h4,6-7,12-13H,2-3,5,8-10H2,1H3/t12-,13-/m1/s1. The van der Waals surface area contributed by atoms with Crippen LogP contribution in [0.1, 0.15) is 30.9 Å². The van der Waals surface area contributed by atoms with Gasteiger partial charge in [-0.3, -0.25) is 4.79 Å². The van der Waals surface area contributed by atoms with Crippen molar-refractivity contribution in [2.75, 3.05) is 13.1 Å². The van der Waals surface area contributed by atoms with Gasteiger partial charge in [-0.1, -0.05) is 12.1 Å². The predicted octanol–water partition coefficient (Wildman–Crippen LogP) is 0.409. The van der Waals surface area contributed by atoms with Crippen molar-refractivity contribution in [3.8, 4) is 0 Å². The first-order chi connectivity index (χ1) is 11.3. The van der Waals surface area contributed by atoms with Crippen LogP contribution >= 0.6 is 0 Å². The first-order valence-electron chi connectivity index (χ1n) is 8.04. The van der Waals surface area contributed by atoms with E-state index in [-0.39, 0.29) is 18.1 Å². The minimum atomic E-state index is 0.0624. The van der Waals surface area contributed by atoms with Crippen LogP contribution in [0.25, 0.3) is 0 Å². The number of piperidine rings is 1. The molecule has 0 aliphatic carbocycles. The summed E-state index contributed by atoms with van der Waals surface area (Å²) >= 11 is 0. The van der Waals surface area contributed by atoms with Crippen LogP contribution in [-0.4, -0.2) is 54.5 Å². The number of likely N-dealkylation sites (tertiary alicyclic amines) is 1. The Bertz CT molecular complexity index is 708. The smallest absolute Gasteiger partial charge is 0.242 e. The van der Waals surface area contributed by atoms with Crippen LogP contribution in [0.15, 0.2) is 18.6 Å². The lowest BCUT2D eigenvalue weighted by atomic mass is 10.0. The van der Waals surface area contributed by atoms with E-state index in [9.17, 15) is 4.79 Å². The van der Waals surface area contributed by atoms with Gasteiger partial charge in [0, 0.05) is 31.9 Å². The van der Waals surface area contributed by atoms with Crippen LogP contribution in [0.5, 0.6) is 0 Å². The topological polar surface area (TPSA) is 78.1 Å². The molecule has 0 N–H and O–H groups in total. The van der Waals surface area contributed by atoms with E-state index in [4.69, 9.17) is 4.74 Å². The largest absolute Gasteiger partial charge is 0.370 e. The van der Waals surface area contributed by atoms with Gasteiger partial charge in [0.25, 0.3) is 0 Å². The number of carbonyl (C=O) groups excluding carboxylic acids is 1. The maximum absolute atomic E-state index is 12.6. The number of rotatable bonds is 3. The van der Waals surface area contributed by atoms with Crippen molar-refractivity contribution >= 4 is 5.91 Å². The number of imidazole rings is 1. The normalized spacial score (nSPS) is 23.4. The van der Waals surface area contributed by atoms with Gasteiger partial charge in [0.05, 0.1) is 30.6 Å². The summed E-state index contributed by atoms with van der Waals surface area (Å²) in [6.07, 6.45) is 7.11. The predicted molar refractivity (Wildman–Crippen MR) is 80.4 cm³/mol. The molecule has 0 spiro atoms. The number of amides is 1. The number of fused-ring (bicyclic) bond motifs is 3. The Hall–Kier alpha value is -2.22. The third-order valence-electron chi connectivity index (χ3n) is 4.70. The van der Waals surface area contributed by atoms with Gasteiger partial charge in [-0.2, -0.15) is 0 Å². The lowest BCUT2D eigenvalue weighted by Gasteiger charge is -2.41. The van der Waals surface area contributed by atoms with Crippen LogP contribution < -0.4 is 0 Å². The molecule has 0 radical (unpaired) electrons. The Balaban J connectivity index is 1.48. The summed E-state index contributed by atoms with van der Waals surface area (Å²) in [5, 5.41) is 8.14. The fourth-order valence-electron chi connectivity index (χ4n) is 3.45. The van der Waals surface area contributed by atoms with Gasteiger partial charge >= 0.3 is 0 Å². The van der Waals surface area contributed by atoms with Crippen LogP contribution in [0.2, 0.25) is 0 Å². The van der Waals surface area contributed by atoms with Crippen LogP contribution in [0.3, 0.4) is 0 Å². The molecule has 2 atom stereocenters. The monoisotopic (exact) mass is 316 g/mol. The maximum Gasteiger partial charge on any atom is 0.242 e. The molecule has 2 aliphatic rings. The second-order valence-corrected chi connectivity index (χ2v) is 6.04. The molecule has 1 saturated heterocycles. The van der Waals surface area contributed by atoms with Crippen molar-refractivity contribution in [1.29, 1.82) is 0 Å². The highest BCUT2D eigenvalue weighted by atomic mass is 16.5. The zero-order chi connectivity index (χ0) is 15.8. The molecule has 122 valence electrons. The third kappa shape index (κ3) is 2.52. The maximum atomic E-state index is 12.6. The zero-order valence-corrected chi connectivity index (χ0v) is 13.1. The quantitative estimate of drug-likeness (QED) is 0.819. The lowest BCUT2D eigenvalue weighted by molar-refractivity contribution is -0.138. The Morgan fingerprint density at radius 3 is 3.26 bits per heavy atom.